The van der Waals surface area contributed by atoms with Gasteiger partial charge in [0.05, 0.1) is 0 Å². The van der Waals surface area contributed by atoms with Crippen molar-refractivity contribution in [1.29, 1.82) is 0 Å². The maximum atomic E-state index is 11.8. The summed E-state index contributed by atoms with van der Waals surface area (Å²) in [5, 5.41) is 2.56. The molecule has 0 unspecified atom stereocenters. The van der Waals surface area contributed by atoms with E-state index in [9.17, 15) is 9.59 Å². The molecule has 3 N–H and O–H groups in total. The fraction of sp³-hybridized carbons (Fsp3) is 0.167. The van der Waals surface area contributed by atoms with Crippen LogP contribution in [0.1, 0.15) is 16.8 Å². The minimum Gasteiger partial charge on any atom is -0.368 e. The average Bonchev–Trinajstić information content (AvgIpc) is 2.28. The van der Waals surface area contributed by atoms with Gasteiger partial charge in [-0.25, -0.2) is 0 Å². The van der Waals surface area contributed by atoms with Crippen LogP contribution in [-0.2, 0) is 4.79 Å². The summed E-state index contributed by atoms with van der Waals surface area (Å²) in [6, 6.07) is 7.87. The third-order valence-corrected chi connectivity index (χ3v) is 2.43. The minimum atomic E-state index is -0.755. The van der Waals surface area contributed by atoms with Crippen molar-refractivity contribution in [3.63, 3.8) is 0 Å². The molecule has 0 heterocycles. The highest BCUT2D eigenvalue weighted by Gasteiger charge is 2.18. The van der Waals surface area contributed by atoms with Gasteiger partial charge in [-0.1, -0.05) is 40.7 Å². The van der Waals surface area contributed by atoms with Crippen molar-refractivity contribution in [3.05, 3.63) is 47.0 Å². The van der Waals surface area contributed by atoms with E-state index in [1.807, 2.05) is 6.07 Å². The quantitative estimate of drug-likeness (QED) is 0.866. The van der Waals surface area contributed by atoms with Gasteiger partial charge in [-0.2, -0.15) is 0 Å². The number of amides is 2. The van der Waals surface area contributed by atoms with Crippen LogP contribution in [0.2, 0.25) is 0 Å². The van der Waals surface area contributed by atoms with Crippen molar-refractivity contribution >= 4 is 27.7 Å². The van der Waals surface area contributed by atoms with Gasteiger partial charge < -0.3 is 11.1 Å². The molecule has 0 spiro atoms. The lowest BCUT2D eigenvalue weighted by Gasteiger charge is -2.14. The zero-order valence-electron chi connectivity index (χ0n) is 9.15. The third kappa shape index (κ3) is 4.40. The minimum absolute atomic E-state index is 0.272. The summed E-state index contributed by atoms with van der Waals surface area (Å²) in [7, 11) is 0. The summed E-state index contributed by atoms with van der Waals surface area (Å²) in [5.41, 5.74) is 5.68. The molecule has 0 saturated heterocycles. The number of hydrogen-bond donors (Lipinski definition) is 2. The molecule has 0 radical (unpaired) electrons. The van der Waals surface area contributed by atoms with E-state index in [1.54, 1.807) is 24.3 Å². The average molecular weight is 297 g/mol. The predicted octanol–water partition coefficient (Wildman–Crippen LogP) is 1.57. The number of primary amides is 1. The Labute approximate surface area is 108 Å². The van der Waals surface area contributed by atoms with Gasteiger partial charge in [0.25, 0.3) is 5.91 Å². The molecule has 1 rings (SSSR count). The molecule has 0 aliphatic heterocycles. The van der Waals surface area contributed by atoms with Crippen LogP contribution in [0.15, 0.2) is 41.4 Å². The van der Waals surface area contributed by atoms with Gasteiger partial charge in [0.2, 0.25) is 5.91 Å². The smallest absolute Gasteiger partial charge is 0.251 e. The molecular weight excluding hydrogens is 284 g/mol. The van der Waals surface area contributed by atoms with Gasteiger partial charge in [-0.15, -0.1) is 0 Å². The monoisotopic (exact) mass is 296 g/mol. The molecule has 5 heteroatoms. The van der Waals surface area contributed by atoms with Gasteiger partial charge in [-0.05, 0) is 16.6 Å². The summed E-state index contributed by atoms with van der Waals surface area (Å²) < 4.78 is 0.606. The van der Waals surface area contributed by atoms with Crippen molar-refractivity contribution in [2.24, 2.45) is 5.73 Å². The van der Waals surface area contributed by atoms with Crippen LogP contribution in [-0.4, -0.2) is 17.9 Å². The Kier molecular flexibility index (Phi) is 4.90. The first-order chi connectivity index (χ1) is 8.00. The number of rotatable bonds is 5. The number of nitrogens with one attached hydrogen (secondary N) is 1. The normalized spacial score (nSPS) is 11.6. The van der Waals surface area contributed by atoms with Crippen LogP contribution in [0.25, 0.3) is 0 Å². The summed E-state index contributed by atoms with van der Waals surface area (Å²) in [5.74, 6) is -0.918. The van der Waals surface area contributed by atoms with Crippen LogP contribution in [0.3, 0.4) is 0 Å². The summed E-state index contributed by atoms with van der Waals surface area (Å²) in [6.07, 6.45) is 0.272. The Morgan fingerprint density at radius 3 is 2.41 bits per heavy atom. The molecule has 0 aliphatic carbocycles. The first-order valence-electron chi connectivity index (χ1n) is 4.99. The fourth-order valence-electron chi connectivity index (χ4n) is 1.28. The molecule has 1 aromatic carbocycles. The lowest BCUT2D eigenvalue weighted by atomic mass is 10.1. The molecule has 17 heavy (non-hydrogen) atoms. The van der Waals surface area contributed by atoms with E-state index in [-0.39, 0.29) is 12.3 Å². The zero-order valence-corrected chi connectivity index (χ0v) is 10.7. The van der Waals surface area contributed by atoms with Crippen LogP contribution in [0, 0.1) is 0 Å². The first kappa shape index (κ1) is 13.4. The van der Waals surface area contributed by atoms with E-state index >= 15 is 0 Å². The van der Waals surface area contributed by atoms with Crippen LogP contribution in [0.5, 0.6) is 0 Å². The summed E-state index contributed by atoms with van der Waals surface area (Å²) >= 11 is 3.14. The number of carbonyl (C=O) groups is 2. The van der Waals surface area contributed by atoms with E-state index in [2.05, 4.69) is 27.8 Å². The van der Waals surface area contributed by atoms with Crippen molar-refractivity contribution in [2.45, 2.75) is 12.5 Å². The Morgan fingerprint density at radius 1 is 1.35 bits per heavy atom. The van der Waals surface area contributed by atoms with Crippen molar-refractivity contribution in [3.8, 4) is 0 Å². The second-order valence-electron chi connectivity index (χ2n) is 3.52. The Bertz CT molecular complexity index is 431. The summed E-state index contributed by atoms with van der Waals surface area (Å²) in [4.78, 5) is 22.9. The number of benzene rings is 1. The topological polar surface area (TPSA) is 72.2 Å². The predicted molar refractivity (Wildman–Crippen MR) is 69.6 cm³/mol. The highest BCUT2D eigenvalue weighted by molar-refractivity contribution is 9.11. The maximum absolute atomic E-state index is 11.8. The molecule has 90 valence electrons. The Morgan fingerprint density at radius 2 is 1.94 bits per heavy atom. The van der Waals surface area contributed by atoms with Crippen LogP contribution < -0.4 is 11.1 Å². The second kappa shape index (κ2) is 6.20. The van der Waals surface area contributed by atoms with Crippen molar-refractivity contribution < 1.29 is 9.59 Å². The zero-order chi connectivity index (χ0) is 12.8. The van der Waals surface area contributed by atoms with Crippen LogP contribution >= 0.6 is 15.9 Å². The second-order valence-corrected chi connectivity index (χ2v) is 4.64. The van der Waals surface area contributed by atoms with Gasteiger partial charge in [-0.3, -0.25) is 9.59 Å². The lowest BCUT2D eigenvalue weighted by molar-refractivity contribution is -0.119. The molecule has 0 aromatic heterocycles. The third-order valence-electron chi connectivity index (χ3n) is 2.11. The first-order valence-corrected chi connectivity index (χ1v) is 5.78. The van der Waals surface area contributed by atoms with Crippen LogP contribution in [0.4, 0.5) is 0 Å². The number of halogens is 1. The van der Waals surface area contributed by atoms with E-state index in [1.165, 1.54) is 0 Å². The molecule has 1 atom stereocenters. The molecule has 0 aliphatic rings. The highest BCUT2D eigenvalue weighted by atomic mass is 79.9. The van der Waals surface area contributed by atoms with E-state index in [0.717, 1.165) is 0 Å². The standard InChI is InChI=1S/C12H13BrN2O2/c1-8(13)7-10(11(14)16)15-12(17)9-5-3-2-4-6-9/h2-6,10H,1,7H2,(H2,14,16)(H,15,17)/t10-/m1/s1. The number of nitrogens with two attached hydrogens (primary N) is 1. The molecule has 2 amide bonds. The molecule has 0 saturated carbocycles. The Hall–Kier alpha value is -1.62. The SMILES string of the molecule is C=C(Br)C[C@@H](NC(=O)c1ccccc1)C(N)=O. The number of hydrogen-bond acceptors (Lipinski definition) is 2. The Balaban J connectivity index is 2.71. The molecule has 0 bridgehead atoms. The summed E-state index contributed by atoms with van der Waals surface area (Å²) in [6.45, 7) is 3.61. The van der Waals surface area contributed by atoms with E-state index < -0.39 is 11.9 Å². The van der Waals surface area contributed by atoms with Gasteiger partial charge >= 0.3 is 0 Å². The maximum Gasteiger partial charge on any atom is 0.251 e. The largest absolute Gasteiger partial charge is 0.368 e. The van der Waals surface area contributed by atoms with Crippen molar-refractivity contribution in [1.82, 2.24) is 5.32 Å². The highest BCUT2D eigenvalue weighted by Crippen LogP contribution is 2.10. The van der Waals surface area contributed by atoms with Crippen molar-refractivity contribution in [2.75, 3.05) is 0 Å². The lowest BCUT2D eigenvalue weighted by Crippen LogP contribution is -2.44. The molecule has 1 aromatic rings. The number of carbonyl (C=O) groups excluding carboxylic acids is 2. The molecule has 4 nitrogen and oxygen atoms in total. The fourth-order valence-corrected chi connectivity index (χ4v) is 1.60. The van der Waals surface area contributed by atoms with Gasteiger partial charge in [0.1, 0.15) is 6.04 Å². The molecular formula is C12H13BrN2O2. The van der Waals surface area contributed by atoms with Gasteiger partial charge in [0.15, 0.2) is 0 Å². The van der Waals surface area contributed by atoms with E-state index in [4.69, 9.17) is 5.73 Å². The van der Waals surface area contributed by atoms with Gasteiger partial charge in [0, 0.05) is 12.0 Å². The molecule has 0 fully saturated rings. The van der Waals surface area contributed by atoms with E-state index in [0.29, 0.717) is 10.0 Å².